The van der Waals surface area contributed by atoms with Gasteiger partial charge in [0.1, 0.15) is 5.82 Å². The van der Waals surface area contributed by atoms with Crippen LogP contribution in [0.2, 0.25) is 10.0 Å². The highest BCUT2D eigenvalue weighted by molar-refractivity contribution is 6.42. The van der Waals surface area contributed by atoms with Gasteiger partial charge in [-0.05, 0) is 12.1 Å². The van der Waals surface area contributed by atoms with E-state index in [4.69, 9.17) is 34.0 Å². The smallest absolute Gasteiger partial charge is 0.129 e. The second-order valence-electron chi connectivity index (χ2n) is 2.55. The summed E-state index contributed by atoms with van der Waals surface area (Å²) in [7, 11) is 0. The van der Waals surface area contributed by atoms with E-state index in [-0.39, 0.29) is 34.6 Å². The second kappa shape index (κ2) is 5.73. The van der Waals surface area contributed by atoms with Gasteiger partial charge in [0.25, 0.3) is 0 Å². The number of rotatable bonds is 2. The highest BCUT2D eigenvalue weighted by Gasteiger charge is 2.16. The molecule has 0 aromatic heterocycles. The average molecular weight is 261 g/mol. The first-order chi connectivity index (χ1) is 6.07. The van der Waals surface area contributed by atoms with E-state index in [9.17, 15) is 4.39 Å². The Labute approximate surface area is 97.2 Å². The summed E-state index contributed by atoms with van der Waals surface area (Å²) in [6.07, 6.45) is 0. The highest BCUT2D eigenvalue weighted by Crippen LogP contribution is 2.31. The molecule has 80 valence electrons. The summed E-state index contributed by atoms with van der Waals surface area (Å²) >= 11 is 11.4. The first-order valence-corrected chi connectivity index (χ1v) is 4.33. The molecule has 1 aromatic rings. The Hall–Kier alpha value is -0.0600. The first-order valence-electron chi connectivity index (χ1n) is 3.57. The fraction of sp³-hybridized carbons (Fsp3) is 0.250. The molecule has 0 heterocycles. The van der Waals surface area contributed by atoms with Gasteiger partial charge in [-0.2, -0.15) is 0 Å². The van der Waals surface area contributed by atoms with Crippen molar-refractivity contribution in [2.24, 2.45) is 5.73 Å². The van der Waals surface area contributed by atoms with E-state index < -0.39 is 11.9 Å². The lowest BCUT2D eigenvalue weighted by molar-refractivity contribution is 0.265. The summed E-state index contributed by atoms with van der Waals surface area (Å²) in [4.78, 5) is 0. The van der Waals surface area contributed by atoms with Crippen molar-refractivity contribution in [3.63, 3.8) is 0 Å². The van der Waals surface area contributed by atoms with Crippen molar-refractivity contribution in [2.45, 2.75) is 6.04 Å². The number of halogens is 4. The molecule has 1 rings (SSSR count). The zero-order valence-electron chi connectivity index (χ0n) is 7.01. The topological polar surface area (TPSA) is 46.2 Å². The van der Waals surface area contributed by atoms with E-state index in [1.54, 1.807) is 0 Å². The van der Waals surface area contributed by atoms with Crippen LogP contribution in [-0.4, -0.2) is 11.7 Å². The van der Waals surface area contributed by atoms with E-state index in [1.807, 2.05) is 0 Å². The third kappa shape index (κ3) is 2.72. The molecule has 14 heavy (non-hydrogen) atoms. The van der Waals surface area contributed by atoms with Crippen LogP contribution in [-0.2, 0) is 0 Å². The number of benzene rings is 1. The Morgan fingerprint density at radius 3 is 2.50 bits per heavy atom. The number of aliphatic hydroxyl groups excluding tert-OH is 1. The van der Waals surface area contributed by atoms with Gasteiger partial charge in [0.2, 0.25) is 0 Å². The van der Waals surface area contributed by atoms with E-state index >= 15 is 0 Å². The monoisotopic (exact) mass is 259 g/mol. The first kappa shape index (κ1) is 13.9. The van der Waals surface area contributed by atoms with Gasteiger partial charge in [0.15, 0.2) is 0 Å². The van der Waals surface area contributed by atoms with Crippen molar-refractivity contribution >= 4 is 35.6 Å². The Morgan fingerprint density at radius 2 is 2.00 bits per heavy atom. The van der Waals surface area contributed by atoms with Crippen molar-refractivity contribution in [3.8, 4) is 0 Å². The third-order valence-electron chi connectivity index (χ3n) is 1.65. The van der Waals surface area contributed by atoms with Gasteiger partial charge in [-0.25, -0.2) is 4.39 Å². The average Bonchev–Trinajstić information content (AvgIpc) is 2.12. The maximum atomic E-state index is 13.1. The van der Waals surface area contributed by atoms with Gasteiger partial charge in [-0.15, -0.1) is 12.4 Å². The molecule has 0 bridgehead atoms. The predicted molar refractivity (Wildman–Crippen MR) is 57.7 cm³/mol. The van der Waals surface area contributed by atoms with Crippen molar-refractivity contribution < 1.29 is 9.50 Å². The van der Waals surface area contributed by atoms with Crippen LogP contribution in [0.3, 0.4) is 0 Å². The van der Waals surface area contributed by atoms with Crippen LogP contribution in [0, 0.1) is 5.82 Å². The van der Waals surface area contributed by atoms with Crippen LogP contribution < -0.4 is 5.73 Å². The maximum Gasteiger partial charge on any atom is 0.129 e. The zero-order chi connectivity index (χ0) is 10.0. The summed E-state index contributed by atoms with van der Waals surface area (Å²) in [5, 5.41) is 9.02. The van der Waals surface area contributed by atoms with Crippen LogP contribution >= 0.6 is 35.6 Å². The zero-order valence-corrected chi connectivity index (χ0v) is 9.33. The summed E-state index contributed by atoms with van der Waals surface area (Å²) in [5.74, 6) is -0.559. The molecule has 2 nitrogen and oxygen atoms in total. The molecule has 0 saturated heterocycles. The van der Waals surface area contributed by atoms with Crippen LogP contribution in [0.15, 0.2) is 12.1 Å². The Bertz CT molecular complexity index is 322. The molecule has 1 atom stereocenters. The number of nitrogens with two attached hydrogens (primary N) is 1. The summed E-state index contributed by atoms with van der Waals surface area (Å²) in [6, 6.07) is 1.66. The van der Waals surface area contributed by atoms with Crippen molar-refractivity contribution in [2.75, 3.05) is 6.61 Å². The largest absolute Gasteiger partial charge is 0.394 e. The minimum Gasteiger partial charge on any atom is -0.394 e. The standard InChI is InChI=1S/C8H8Cl2FNO.ClH/c9-4-1-2-5(11)7(8(4)10)6(12)3-13;/h1-2,6,13H,3,12H2;1H/t6-;/m0./s1. The molecule has 6 heteroatoms. The summed E-state index contributed by atoms with van der Waals surface area (Å²) < 4.78 is 13.1. The molecule has 0 unspecified atom stereocenters. The molecule has 0 aliphatic carbocycles. The van der Waals surface area contributed by atoms with Crippen LogP contribution in [0.5, 0.6) is 0 Å². The molecule has 3 N–H and O–H groups in total. The van der Waals surface area contributed by atoms with Gasteiger partial charge < -0.3 is 10.8 Å². The molecule has 0 saturated carbocycles. The number of hydrogen-bond acceptors (Lipinski definition) is 2. The van der Waals surface area contributed by atoms with Crippen LogP contribution in [0.1, 0.15) is 11.6 Å². The summed E-state index contributed by atoms with van der Waals surface area (Å²) in [6.45, 7) is -0.378. The van der Waals surface area contributed by atoms with E-state index in [1.165, 1.54) is 12.1 Å². The van der Waals surface area contributed by atoms with Crippen LogP contribution in [0.25, 0.3) is 0 Å². The van der Waals surface area contributed by atoms with Crippen molar-refractivity contribution in [3.05, 3.63) is 33.6 Å². The van der Waals surface area contributed by atoms with Gasteiger partial charge >= 0.3 is 0 Å². The Morgan fingerprint density at radius 1 is 1.43 bits per heavy atom. The number of hydrogen-bond donors (Lipinski definition) is 2. The minimum atomic E-state index is -0.841. The quantitative estimate of drug-likeness (QED) is 0.803. The summed E-state index contributed by atoms with van der Waals surface area (Å²) in [5.41, 5.74) is 5.48. The molecule has 0 aliphatic heterocycles. The SMILES string of the molecule is Cl.N[C@@H](CO)c1c(F)ccc(Cl)c1Cl. The molecular formula is C8H9Cl3FNO. The predicted octanol–water partition coefficient (Wildman–Crippen LogP) is 2.55. The molecule has 1 aromatic carbocycles. The van der Waals surface area contributed by atoms with Crippen LogP contribution in [0.4, 0.5) is 4.39 Å². The van der Waals surface area contributed by atoms with E-state index in [0.717, 1.165) is 0 Å². The number of aliphatic hydroxyl groups is 1. The molecule has 0 spiro atoms. The molecular weight excluding hydrogens is 251 g/mol. The van der Waals surface area contributed by atoms with Gasteiger partial charge in [0.05, 0.1) is 22.7 Å². The molecule has 0 amide bonds. The normalized spacial score (nSPS) is 12.1. The molecule has 0 aliphatic rings. The van der Waals surface area contributed by atoms with Gasteiger partial charge in [0, 0.05) is 5.56 Å². The lowest BCUT2D eigenvalue weighted by Gasteiger charge is -2.12. The minimum absolute atomic E-state index is 0. The van der Waals surface area contributed by atoms with Crippen molar-refractivity contribution in [1.82, 2.24) is 0 Å². The fourth-order valence-electron chi connectivity index (χ4n) is 0.974. The second-order valence-corrected chi connectivity index (χ2v) is 3.33. The lowest BCUT2D eigenvalue weighted by atomic mass is 10.1. The third-order valence-corrected chi connectivity index (χ3v) is 2.47. The molecule has 0 fully saturated rings. The lowest BCUT2D eigenvalue weighted by Crippen LogP contribution is -2.16. The Kier molecular flexibility index (Phi) is 5.71. The molecule has 0 radical (unpaired) electrons. The van der Waals surface area contributed by atoms with Gasteiger partial charge in [-0.3, -0.25) is 0 Å². The fourth-order valence-corrected chi connectivity index (χ4v) is 1.43. The van der Waals surface area contributed by atoms with Crippen molar-refractivity contribution in [1.29, 1.82) is 0 Å². The Balaban J connectivity index is 0.00000169. The van der Waals surface area contributed by atoms with E-state index in [2.05, 4.69) is 0 Å². The highest BCUT2D eigenvalue weighted by atomic mass is 35.5. The maximum absolute atomic E-state index is 13.1. The van der Waals surface area contributed by atoms with Gasteiger partial charge in [-0.1, -0.05) is 23.2 Å². The van der Waals surface area contributed by atoms with E-state index in [0.29, 0.717) is 0 Å².